The predicted molar refractivity (Wildman–Crippen MR) is 94.3 cm³/mol. The summed E-state index contributed by atoms with van der Waals surface area (Å²) in [5.41, 5.74) is -0.881. The Morgan fingerprint density at radius 2 is 1.75 bits per heavy atom. The van der Waals surface area contributed by atoms with Crippen LogP contribution in [0, 0.1) is 5.92 Å². The van der Waals surface area contributed by atoms with E-state index in [0.29, 0.717) is 26.2 Å². The van der Waals surface area contributed by atoms with E-state index in [-0.39, 0.29) is 42.8 Å². The van der Waals surface area contributed by atoms with Crippen LogP contribution < -0.4 is 0 Å². The molecule has 0 bridgehead atoms. The van der Waals surface area contributed by atoms with Gasteiger partial charge in [-0.2, -0.15) is 13.2 Å². The van der Waals surface area contributed by atoms with Gasteiger partial charge in [0, 0.05) is 51.3 Å². The minimum atomic E-state index is -4.51. The molecule has 2 aliphatic rings. The largest absolute Gasteiger partial charge is 0.416 e. The highest BCUT2D eigenvalue weighted by molar-refractivity contribution is 5.95. The zero-order valence-electron chi connectivity index (χ0n) is 15.5. The highest BCUT2D eigenvalue weighted by Gasteiger charge is 2.37. The number of amides is 3. The number of carbonyl (C=O) groups excluding carboxylic acids is 3. The average molecular weight is 397 g/mol. The summed E-state index contributed by atoms with van der Waals surface area (Å²) < 4.78 is 38.5. The molecular weight excluding hydrogens is 375 g/mol. The van der Waals surface area contributed by atoms with Gasteiger partial charge in [-0.15, -0.1) is 0 Å². The van der Waals surface area contributed by atoms with Crippen molar-refractivity contribution in [3.63, 3.8) is 0 Å². The van der Waals surface area contributed by atoms with E-state index in [1.54, 1.807) is 9.80 Å². The Labute approximate surface area is 160 Å². The van der Waals surface area contributed by atoms with Gasteiger partial charge in [0.15, 0.2) is 0 Å². The van der Waals surface area contributed by atoms with E-state index in [2.05, 4.69) is 0 Å². The van der Waals surface area contributed by atoms with E-state index in [1.165, 1.54) is 17.0 Å². The summed E-state index contributed by atoms with van der Waals surface area (Å²) in [5, 5.41) is 0. The molecule has 2 aliphatic heterocycles. The summed E-state index contributed by atoms with van der Waals surface area (Å²) in [6.07, 6.45) is -4.30. The number of rotatable bonds is 3. The molecule has 0 radical (unpaired) electrons. The molecule has 152 valence electrons. The number of hydrogen-bond donors (Lipinski definition) is 0. The fourth-order valence-electron chi connectivity index (χ4n) is 3.64. The average Bonchev–Trinajstić information content (AvgIpc) is 3.07. The lowest BCUT2D eigenvalue weighted by Crippen LogP contribution is -2.52. The Morgan fingerprint density at radius 1 is 1.11 bits per heavy atom. The van der Waals surface area contributed by atoms with Crippen molar-refractivity contribution in [1.29, 1.82) is 0 Å². The molecule has 0 unspecified atom stereocenters. The number of benzene rings is 1. The summed E-state index contributed by atoms with van der Waals surface area (Å²) in [7, 11) is 0. The van der Waals surface area contributed by atoms with Gasteiger partial charge in [-0.1, -0.05) is 6.07 Å². The van der Waals surface area contributed by atoms with Crippen LogP contribution >= 0.6 is 0 Å². The van der Waals surface area contributed by atoms with Gasteiger partial charge in [0.1, 0.15) is 0 Å². The first kappa shape index (κ1) is 20.2. The minimum Gasteiger partial charge on any atom is -0.342 e. The van der Waals surface area contributed by atoms with Crippen LogP contribution in [0.2, 0.25) is 0 Å². The predicted octanol–water partition coefficient (Wildman–Crippen LogP) is 1.86. The molecule has 2 heterocycles. The van der Waals surface area contributed by atoms with Crippen LogP contribution in [-0.4, -0.2) is 71.7 Å². The smallest absolute Gasteiger partial charge is 0.342 e. The van der Waals surface area contributed by atoms with Crippen molar-refractivity contribution in [2.75, 3.05) is 39.3 Å². The first-order valence-electron chi connectivity index (χ1n) is 9.23. The van der Waals surface area contributed by atoms with Crippen molar-refractivity contribution < 1.29 is 27.6 Å². The second-order valence-corrected chi connectivity index (χ2v) is 7.03. The van der Waals surface area contributed by atoms with Crippen LogP contribution in [0.15, 0.2) is 24.3 Å². The molecule has 6 nitrogen and oxygen atoms in total. The molecule has 0 spiro atoms. The van der Waals surface area contributed by atoms with Crippen LogP contribution in [0.3, 0.4) is 0 Å². The molecule has 3 rings (SSSR count). The van der Waals surface area contributed by atoms with Crippen molar-refractivity contribution in [3.8, 4) is 0 Å². The fourth-order valence-corrected chi connectivity index (χ4v) is 3.64. The molecule has 9 heteroatoms. The summed E-state index contributed by atoms with van der Waals surface area (Å²) >= 11 is 0. The van der Waals surface area contributed by atoms with E-state index in [4.69, 9.17) is 0 Å². The molecule has 3 amide bonds. The van der Waals surface area contributed by atoms with E-state index < -0.39 is 17.6 Å². The van der Waals surface area contributed by atoms with Crippen LogP contribution in [0.25, 0.3) is 0 Å². The summed E-state index contributed by atoms with van der Waals surface area (Å²) in [4.78, 5) is 41.7. The van der Waals surface area contributed by atoms with Gasteiger partial charge in [-0.25, -0.2) is 0 Å². The third-order valence-electron chi connectivity index (χ3n) is 5.26. The third kappa shape index (κ3) is 4.13. The molecule has 1 aromatic rings. The molecule has 2 saturated heterocycles. The lowest BCUT2D eigenvalue weighted by molar-refractivity contribution is -0.138. The van der Waals surface area contributed by atoms with Crippen LogP contribution in [0.5, 0.6) is 0 Å². The number of nitrogens with zero attached hydrogens (tertiary/aromatic N) is 3. The number of halogens is 3. The van der Waals surface area contributed by atoms with E-state index in [1.807, 2.05) is 6.92 Å². The SMILES string of the molecule is CCN1C[C@H](C(=O)N2CCN(C(=O)c3cccc(C(F)(F)F)c3)CC2)CC1=O. The summed E-state index contributed by atoms with van der Waals surface area (Å²) in [6.45, 7) is 3.96. The maximum absolute atomic E-state index is 12.8. The number of alkyl halides is 3. The number of carbonyl (C=O) groups is 3. The van der Waals surface area contributed by atoms with Gasteiger partial charge >= 0.3 is 6.18 Å². The molecule has 0 N–H and O–H groups in total. The van der Waals surface area contributed by atoms with E-state index in [0.717, 1.165) is 12.1 Å². The Kier molecular flexibility index (Phi) is 5.62. The van der Waals surface area contributed by atoms with E-state index >= 15 is 0 Å². The monoisotopic (exact) mass is 397 g/mol. The molecule has 2 fully saturated rings. The van der Waals surface area contributed by atoms with E-state index in [9.17, 15) is 27.6 Å². The Bertz CT molecular complexity index is 773. The normalized spacial score (nSPS) is 20.6. The van der Waals surface area contributed by atoms with Crippen molar-refractivity contribution in [3.05, 3.63) is 35.4 Å². The van der Waals surface area contributed by atoms with Crippen molar-refractivity contribution >= 4 is 17.7 Å². The van der Waals surface area contributed by atoms with Crippen LogP contribution in [-0.2, 0) is 15.8 Å². The number of piperazine rings is 1. The highest BCUT2D eigenvalue weighted by Crippen LogP contribution is 2.30. The van der Waals surface area contributed by atoms with Crippen LogP contribution in [0.1, 0.15) is 29.3 Å². The summed E-state index contributed by atoms with van der Waals surface area (Å²) in [5.74, 6) is -0.973. The standard InChI is InChI=1S/C19H22F3N3O3/c1-2-23-12-14(11-16(23)26)18(28)25-8-6-24(7-9-25)17(27)13-4-3-5-15(10-13)19(20,21)22/h3-5,10,14H,2,6-9,11-12H2,1H3/t14-/m1/s1. The van der Waals surface area contributed by atoms with Gasteiger partial charge in [-0.05, 0) is 25.1 Å². The second-order valence-electron chi connectivity index (χ2n) is 7.03. The number of likely N-dealkylation sites (tertiary alicyclic amines) is 1. The minimum absolute atomic E-state index is 0.0189. The maximum Gasteiger partial charge on any atom is 0.416 e. The van der Waals surface area contributed by atoms with Gasteiger partial charge < -0.3 is 14.7 Å². The lowest BCUT2D eigenvalue weighted by atomic mass is 10.1. The highest BCUT2D eigenvalue weighted by atomic mass is 19.4. The zero-order valence-corrected chi connectivity index (χ0v) is 15.5. The molecule has 0 saturated carbocycles. The van der Waals surface area contributed by atoms with Gasteiger partial charge in [0.2, 0.25) is 11.8 Å². The zero-order chi connectivity index (χ0) is 20.5. The molecule has 28 heavy (non-hydrogen) atoms. The van der Waals surface area contributed by atoms with Crippen molar-refractivity contribution in [1.82, 2.24) is 14.7 Å². The lowest BCUT2D eigenvalue weighted by Gasteiger charge is -2.36. The number of hydrogen-bond acceptors (Lipinski definition) is 3. The first-order chi connectivity index (χ1) is 13.2. The molecular formula is C19H22F3N3O3. The molecule has 0 aliphatic carbocycles. The Balaban J connectivity index is 1.59. The fraction of sp³-hybridized carbons (Fsp3) is 0.526. The third-order valence-corrected chi connectivity index (χ3v) is 5.26. The Hall–Kier alpha value is -2.58. The molecule has 0 aromatic heterocycles. The first-order valence-corrected chi connectivity index (χ1v) is 9.23. The Morgan fingerprint density at radius 3 is 2.32 bits per heavy atom. The topological polar surface area (TPSA) is 60.9 Å². The quantitative estimate of drug-likeness (QED) is 0.782. The van der Waals surface area contributed by atoms with Crippen molar-refractivity contribution in [2.24, 2.45) is 5.92 Å². The van der Waals surface area contributed by atoms with Gasteiger partial charge in [0.05, 0.1) is 11.5 Å². The van der Waals surface area contributed by atoms with Gasteiger partial charge in [-0.3, -0.25) is 14.4 Å². The molecule has 1 aromatic carbocycles. The second kappa shape index (κ2) is 7.81. The maximum atomic E-state index is 12.8. The van der Waals surface area contributed by atoms with Crippen LogP contribution in [0.4, 0.5) is 13.2 Å². The summed E-state index contributed by atoms with van der Waals surface area (Å²) in [6, 6.07) is 4.35. The molecule has 1 atom stereocenters. The van der Waals surface area contributed by atoms with Gasteiger partial charge in [0.25, 0.3) is 5.91 Å². The van der Waals surface area contributed by atoms with Crippen molar-refractivity contribution in [2.45, 2.75) is 19.5 Å².